The van der Waals surface area contributed by atoms with Crippen LogP contribution >= 0.6 is 0 Å². The number of ether oxygens (including phenoxy) is 2. The van der Waals surface area contributed by atoms with Gasteiger partial charge in [-0.25, -0.2) is 4.79 Å². The summed E-state index contributed by atoms with van der Waals surface area (Å²) in [6.07, 6.45) is 1.14. The molecule has 114 valence electrons. The van der Waals surface area contributed by atoms with Crippen molar-refractivity contribution in [3.63, 3.8) is 0 Å². The van der Waals surface area contributed by atoms with Crippen molar-refractivity contribution >= 4 is 12.0 Å². The van der Waals surface area contributed by atoms with Crippen LogP contribution in [0.25, 0.3) is 6.08 Å². The Bertz CT molecular complexity index is 677. The van der Waals surface area contributed by atoms with Gasteiger partial charge in [0.05, 0.1) is 7.11 Å². The molecule has 0 atom stereocenters. The molecule has 0 fully saturated rings. The Kier molecular flexibility index (Phi) is 5.03. The lowest BCUT2D eigenvalue weighted by molar-refractivity contribution is -0.135. The van der Waals surface area contributed by atoms with Crippen LogP contribution in [0.2, 0.25) is 0 Å². The van der Waals surface area contributed by atoms with E-state index < -0.39 is 11.7 Å². The lowest BCUT2D eigenvalue weighted by Crippen LogP contribution is -1.99. The maximum absolute atomic E-state index is 10.6. The van der Waals surface area contributed by atoms with Crippen LogP contribution in [0.4, 0.5) is 0 Å². The number of methoxy groups -OCH3 is 1. The predicted molar refractivity (Wildman–Crippen MR) is 82.0 cm³/mol. The molecule has 0 unspecified atom stereocenters. The highest BCUT2D eigenvalue weighted by molar-refractivity contribution is 5.89. The van der Waals surface area contributed by atoms with Gasteiger partial charge in [0, 0.05) is 0 Å². The second-order valence-electron chi connectivity index (χ2n) is 4.52. The summed E-state index contributed by atoms with van der Waals surface area (Å²) < 4.78 is 10.9. The molecule has 22 heavy (non-hydrogen) atoms. The molecule has 2 N–H and O–H groups in total. The lowest BCUT2D eigenvalue weighted by atomic mass is 10.1. The third kappa shape index (κ3) is 4.02. The second kappa shape index (κ2) is 7.17. The SMILES string of the molecule is COc1cc(/C=C(\O)C(=O)O)ccc1OCc1ccccc1. The number of benzene rings is 2. The van der Waals surface area contributed by atoms with Crippen molar-refractivity contribution in [3.05, 3.63) is 65.4 Å². The number of carboxylic acid groups (broad SMARTS) is 1. The van der Waals surface area contributed by atoms with Crippen LogP contribution in [0, 0.1) is 0 Å². The van der Waals surface area contributed by atoms with Crippen molar-refractivity contribution in [3.8, 4) is 11.5 Å². The van der Waals surface area contributed by atoms with Gasteiger partial charge in [-0.2, -0.15) is 0 Å². The van der Waals surface area contributed by atoms with Gasteiger partial charge in [0.25, 0.3) is 0 Å². The highest BCUT2D eigenvalue weighted by atomic mass is 16.5. The molecule has 0 aliphatic carbocycles. The molecule has 0 aromatic heterocycles. The minimum atomic E-state index is -1.39. The molecule has 0 spiro atoms. The predicted octanol–water partition coefficient (Wildman–Crippen LogP) is 3.26. The van der Waals surface area contributed by atoms with E-state index in [1.165, 1.54) is 7.11 Å². The Morgan fingerprint density at radius 2 is 1.82 bits per heavy atom. The summed E-state index contributed by atoms with van der Waals surface area (Å²) in [6, 6.07) is 14.6. The Labute approximate surface area is 128 Å². The summed E-state index contributed by atoms with van der Waals surface area (Å²) in [5.74, 6) is -1.12. The topological polar surface area (TPSA) is 76.0 Å². The molecule has 0 radical (unpaired) electrons. The van der Waals surface area contributed by atoms with Crippen molar-refractivity contribution in [2.45, 2.75) is 6.61 Å². The highest BCUT2D eigenvalue weighted by Crippen LogP contribution is 2.29. The fraction of sp³-hybridized carbons (Fsp3) is 0.118. The Balaban J connectivity index is 2.16. The van der Waals surface area contributed by atoms with Gasteiger partial charge in [0.2, 0.25) is 5.76 Å². The van der Waals surface area contributed by atoms with E-state index in [1.54, 1.807) is 18.2 Å². The molecule has 5 heteroatoms. The van der Waals surface area contributed by atoms with Gasteiger partial charge in [-0.1, -0.05) is 36.4 Å². The molecular weight excluding hydrogens is 284 g/mol. The molecule has 0 amide bonds. The van der Waals surface area contributed by atoms with Gasteiger partial charge in [0.1, 0.15) is 6.61 Å². The van der Waals surface area contributed by atoms with Gasteiger partial charge in [-0.05, 0) is 29.3 Å². The number of rotatable bonds is 6. The monoisotopic (exact) mass is 300 g/mol. The van der Waals surface area contributed by atoms with Gasteiger partial charge in [0.15, 0.2) is 11.5 Å². The number of carboxylic acids is 1. The number of hydrogen-bond acceptors (Lipinski definition) is 4. The average Bonchev–Trinajstić information content (AvgIpc) is 2.54. The van der Waals surface area contributed by atoms with Crippen LogP contribution in [0.15, 0.2) is 54.3 Å². The molecule has 2 rings (SSSR count). The normalized spacial score (nSPS) is 11.0. The third-order valence-corrected chi connectivity index (χ3v) is 2.95. The van der Waals surface area contributed by atoms with E-state index in [9.17, 15) is 9.90 Å². The maximum atomic E-state index is 10.6. The largest absolute Gasteiger partial charge is 0.502 e. The van der Waals surface area contributed by atoms with E-state index in [2.05, 4.69) is 0 Å². The standard InChI is InChI=1S/C17H16O5/c1-21-16-10-13(9-14(18)17(19)20)7-8-15(16)22-11-12-5-3-2-4-6-12/h2-10,18H,11H2,1H3,(H,19,20)/b14-9-. The average molecular weight is 300 g/mol. The van der Waals surface area contributed by atoms with Crippen molar-refractivity contribution in [2.75, 3.05) is 7.11 Å². The van der Waals surface area contributed by atoms with E-state index >= 15 is 0 Å². The summed E-state index contributed by atoms with van der Waals surface area (Å²) in [6.45, 7) is 0.396. The minimum absolute atomic E-state index is 0.396. The van der Waals surface area contributed by atoms with Crippen LogP contribution in [0.3, 0.4) is 0 Å². The zero-order chi connectivity index (χ0) is 15.9. The van der Waals surface area contributed by atoms with E-state index in [0.29, 0.717) is 23.7 Å². The number of aliphatic hydroxyl groups is 1. The Hall–Kier alpha value is -2.95. The molecule has 5 nitrogen and oxygen atoms in total. The van der Waals surface area contributed by atoms with E-state index in [-0.39, 0.29) is 0 Å². The summed E-state index contributed by atoms with van der Waals surface area (Å²) >= 11 is 0. The first kappa shape index (κ1) is 15.4. The Morgan fingerprint density at radius 3 is 2.45 bits per heavy atom. The summed E-state index contributed by atoms with van der Waals surface area (Å²) in [7, 11) is 1.50. The number of carbonyl (C=O) groups is 1. The van der Waals surface area contributed by atoms with Gasteiger partial charge >= 0.3 is 5.97 Å². The van der Waals surface area contributed by atoms with Crippen LogP contribution in [-0.2, 0) is 11.4 Å². The van der Waals surface area contributed by atoms with Crippen molar-refractivity contribution in [1.29, 1.82) is 0 Å². The van der Waals surface area contributed by atoms with Gasteiger partial charge < -0.3 is 19.7 Å². The lowest BCUT2D eigenvalue weighted by Gasteiger charge is -2.11. The third-order valence-electron chi connectivity index (χ3n) is 2.95. The fourth-order valence-electron chi connectivity index (χ4n) is 1.85. The molecule has 0 heterocycles. The molecule has 2 aromatic carbocycles. The van der Waals surface area contributed by atoms with Crippen molar-refractivity contribution < 1.29 is 24.5 Å². The highest BCUT2D eigenvalue weighted by Gasteiger charge is 2.08. The zero-order valence-corrected chi connectivity index (χ0v) is 12.0. The van der Waals surface area contributed by atoms with E-state index in [0.717, 1.165) is 11.6 Å². The molecule has 0 saturated heterocycles. The first-order valence-electron chi connectivity index (χ1n) is 6.59. The quantitative estimate of drug-likeness (QED) is 0.632. The molecule has 2 aromatic rings. The van der Waals surface area contributed by atoms with Crippen molar-refractivity contribution in [2.24, 2.45) is 0 Å². The molecular formula is C17H16O5. The minimum Gasteiger partial charge on any atom is -0.502 e. The summed E-state index contributed by atoms with van der Waals surface area (Å²) in [5.41, 5.74) is 1.53. The molecule has 0 aliphatic heterocycles. The fourth-order valence-corrected chi connectivity index (χ4v) is 1.85. The maximum Gasteiger partial charge on any atom is 0.370 e. The van der Waals surface area contributed by atoms with Crippen LogP contribution < -0.4 is 9.47 Å². The van der Waals surface area contributed by atoms with Gasteiger partial charge in [-0.3, -0.25) is 0 Å². The Morgan fingerprint density at radius 1 is 1.09 bits per heavy atom. The first-order chi connectivity index (χ1) is 10.6. The number of hydrogen-bond donors (Lipinski definition) is 2. The van der Waals surface area contributed by atoms with Crippen LogP contribution in [0.5, 0.6) is 11.5 Å². The molecule has 0 bridgehead atoms. The zero-order valence-electron chi connectivity index (χ0n) is 12.0. The van der Waals surface area contributed by atoms with Crippen LogP contribution in [0.1, 0.15) is 11.1 Å². The van der Waals surface area contributed by atoms with Crippen molar-refractivity contribution in [1.82, 2.24) is 0 Å². The summed E-state index contributed by atoms with van der Waals surface area (Å²) in [5, 5.41) is 17.9. The second-order valence-corrected chi connectivity index (χ2v) is 4.52. The van der Waals surface area contributed by atoms with E-state index in [1.807, 2.05) is 30.3 Å². The van der Waals surface area contributed by atoms with Crippen LogP contribution in [-0.4, -0.2) is 23.3 Å². The summed E-state index contributed by atoms with van der Waals surface area (Å²) in [4.78, 5) is 10.6. The van der Waals surface area contributed by atoms with Gasteiger partial charge in [-0.15, -0.1) is 0 Å². The molecule has 0 aliphatic rings. The number of aliphatic hydroxyl groups excluding tert-OH is 1. The number of aliphatic carboxylic acids is 1. The molecule has 0 saturated carbocycles. The smallest absolute Gasteiger partial charge is 0.370 e. The first-order valence-corrected chi connectivity index (χ1v) is 6.59. The van der Waals surface area contributed by atoms with E-state index in [4.69, 9.17) is 14.6 Å².